The summed E-state index contributed by atoms with van der Waals surface area (Å²) >= 11 is 1.27. The molecule has 2 heterocycles. The van der Waals surface area contributed by atoms with Crippen LogP contribution in [0.2, 0.25) is 0 Å². The van der Waals surface area contributed by atoms with E-state index in [1.807, 2.05) is 47.2 Å². The molecule has 1 N–H and O–H groups in total. The quantitative estimate of drug-likeness (QED) is 0.663. The summed E-state index contributed by atoms with van der Waals surface area (Å²) in [6.45, 7) is 0. The van der Waals surface area contributed by atoms with Gasteiger partial charge in [0.25, 0.3) is 5.91 Å². The summed E-state index contributed by atoms with van der Waals surface area (Å²) in [5, 5.41) is 3.29. The van der Waals surface area contributed by atoms with Gasteiger partial charge in [0.1, 0.15) is 11.6 Å². The highest BCUT2D eigenvalue weighted by molar-refractivity contribution is 8.18. The summed E-state index contributed by atoms with van der Waals surface area (Å²) in [4.78, 5) is 17.3. The van der Waals surface area contributed by atoms with Crippen LogP contribution in [-0.2, 0) is 4.79 Å². The summed E-state index contributed by atoms with van der Waals surface area (Å²) in [5.74, 6) is 0.249. The summed E-state index contributed by atoms with van der Waals surface area (Å²) in [5.41, 5.74) is 2.35. The van der Waals surface area contributed by atoms with E-state index in [-0.39, 0.29) is 11.7 Å². The molecule has 1 aliphatic heterocycles. The predicted octanol–water partition coefficient (Wildman–Crippen LogP) is 4.52. The van der Waals surface area contributed by atoms with Gasteiger partial charge in [-0.25, -0.2) is 9.38 Å². The van der Waals surface area contributed by atoms with Crippen LogP contribution in [0.3, 0.4) is 0 Å². The van der Waals surface area contributed by atoms with Gasteiger partial charge in [-0.15, -0.1) is 0 Å². The van der Waals surface area contributed by atoms with E-state index >= 15 is 0 Å². The van der Waals surface area contributed by atoms with Gasteiger partial charge in [0, 0.05) is 17.6 Å². The van der Waals surface area contributed by atoms with Gasteiger partial charge in [0.05, 0.1) is 17.7 Å². The van der Waals surface area contributed by atoms with Crippen LogP contribution in [0.15, 0.2) is 76.8 Å². The van der Waals surface area contributed by atoms with Gasteiger partial charge in [-0.2, -0.15) is 0 Å². The molecule has 2 aromatic carbocycles. The Morgan fingerprint density at radius 1 is 1.11 bits per heavy atom. The molecule has 0 saturated carbocycles. The summed E-state index contributed by atoms with van der Waals surface area (Å²) < 4.78 is 20.2. The van der Waals surface area contributed by atoms with Crippen molar-refractivity contribution >= 4 is 34.6 Å². The van der Waals surface area contributed by atoms with Crippen molar-refractivity contribution in [2.45, 2.75) is 0 Å². The number of nitrogens with one attached hydrogen (secondary N) is 1. The standard InChI is InChI=1S/C21H16FN3O2S/c1-27-18-10-6-15(7-11-18)23-21-24-20(26)19(28-21)13-17-3-2-12-25(17)16-8-4-14(22)5-9-16/h2-13H,1H3,(H,23,24,26)/b19-13+. The van der Waals surface area contributed by atoms with Gasteiger partial charge in [0.15, 0.2) is 5.17 Å². The number of rotatable bonds is 4. The minimum Gasteiger partial charge on any atom is -0.497 e. The van der Waals surface area contributed by atoms with Gasteiger partial charge in [0.2, 0.25) is 0 Å². The Hall–Kier alpha value is -3.32. The number of hydrogen-bond acceptors (Lipinski definition) is 4. The molecule has 0 aliphatic carbocycles. The second-order valence-corrected chi connectivity index (χ2v) is 6.99. The Balaban J connectivity index is 1.58. The van der Waals surface area contributed by atoms with Gasteiger partial charge in [-0.1, -0.05) is 0 Å². The normalized spacial score (nSPS) is 16.6. The average molecular weight is 393 g/mol. The molecule has 1 amide bonds. The highest BCUT2D eigenvalue weighted by Gasteiger charge is 2.24. The van der Waals surface area contributed by atoms with Gasteiger partial charge < -0.3 is 14.6 Å². The molecule has 0 unspecified atom stereocenters. The molecular weight excluding hydrogens is 377 g/mol. The first kappa shape index (κ1) is 18.1. The smallest absolute Gasteiger partial charge is 0.264 e. The molecule has 1 aromatic heterocycles. The van der Waals surface area contributed by atoms with E-state index in [0.29, 0.717) is 10.1 Å². The zero-order valence-electron chi connectivity index (χ0n) is 14.9. The minimum absolute atomic E-state index is 0.205. The van der Waals surface area contributed by atoms with Crippen molar-refractivity contribution in [3.05, 3.63) is 83.3 Å². The van der Waals surface area contributed by atoms with Crippen LogP contribution < -0.4 is 10.1 Å². The van der Waals surface area contributed by atoms with E-state index in [9.17, 15) is 9.18 Å². The van der Waals surface area contributed by atoms with Crippen LogP contribution in [0.4, 0.5) is 10.1 Å². The SMILES string of the molecule is COc1ccc(N=C2NC(=O)/C(=C\c3cccn3-c3ccc(F)cc3)S2)cc1. The Morgan fingerprint density at radius 3 is 2.57 bits per heavy atom. The average Bonchev–Trinajstić information content (AvgIpc) is 3.30. The monoisotopic (exact) mass is 393 g/mol. The number of methoxy groups -OCH3 is 1. The molecular formula is C21H16FN3O2S. The van der Waals surface area contributed by atoms with Gasteiger partial charge in [-0.3, -0.25) is 4.79 Å². The van der Waals surface area contributed by atoms with Crippen molar-refractivity contribution in [3.63, 3.8) is 0 Å². The molecule has 1 aliphatic rings. The third kappa shape index (κ3) is 3.84. The van der Waals surface area contributed by atoms with Crippen molar-refractivity contribution in [1.29, 1.82) is 0 Å². The molecule has 140 valence electrons. The zero-order valence-corrected chi connectivity index (χ0v) is 15.7. The number of hydrogen-bond donors (Lipinski definition) is 1. The molecule has 1 fully saturated rings. The number of halogens is 1. The van der Waals surface area contributed by atoms with Crippen LogP contribution in [0.1, 0.15) is 5.69 Å². The number of benzene rings is 2. The lowest BCUT2D eigenvalue weighted by atomic mass is 10.3. The maximum absolute atomic E-state index is 13.2. The number of amidine groups is 1. The van der Waals surface area contributed by atoms with Gasteiger partial charge in [-0.05, 0) is 78.5 Å². The van der Waals surface area contributed by atoms with E-state index in [1.54, 1.807) is 25.3 Å². The maximum atomic E-state index is 13.2. The molecule has 1 saturated heterocycles. The number of carbonyl (C=O) groups excluding carboxylic acids is 1. The van der Waals surface area contributed by atoms with E-state index < -0.39 is 0 Å². The van der Waals surface area contributed by atoms with Gasteiger partial charge >= 0.3 is 0 Å². The number of amides is 1. The molecule has 7 heteroatoms. The fourth-order valence-corrected chi connectivity index (χ4v) is 3.56. The number of carbonyl (C=O) groups is 1. The number of thioether (sulfide) groups is 1. The van der Waals surface area contributed by atoms with Crippen LogP contribution >= 0.6 is 11.8 Å². The molecule has 5 nitrogen and oxygen atoms in total. The number of aliphatic imine (C=N–C) groups is 1. The fourth-order valence-electron chi connectivity index (χ4n) is 2.74. The largest absolute Gasteiger partial charge is 0.497 e. The zero-order chi connectivity index (χ0) is 19.5. The van der Waals surface area contributed by atoms with Crippen molar-refractivity contribution in [2.24, 2.45) is 4.99 Å². The first-order valence-corrected chi connectivity index (χ1v) is 9.31. The van der Waals surface area contributed by atoms with E-state index in [4.69, 9.17) is 4.74 Å². The molecule has 3 aromatic rings. The van der Waals surface area contributed by atoms with Crippen LogP contribution in [-0.4, -0.2) is 22.8 Å². The first-order chi connectivity index (χ1) is 13.6. The van der Waals surface area contributed by atoms with Crippen molar-refractivity contribution < 1.29 is 13.9 Å². The molecule has 0 spiro atoms. The van der Waals surface area contributed by atoms with Crippen molar-refractivity contribution in [2.75, 3.05) is 7.11 Å². The summed E-state index contributed by atoms with van der Waals surface area (Å²) in [6.07, 6.45) is 3.66. The van der Waals surface area contributed by atoms with Crippen molar-refractivity contribution in [1.82, 2.24) is 9.88 Å². The number of nitrogens with zero attached hydrogens (tertiary/aromatic N) is 2. The Morgan fingerprint density at radius 2 is 1.86 bits per heavy atom. The Kier molecular flexibility index (Phi) is 4.99. The lowest BCUT2D eigenvalue weighted by Gasteiger charge is -2.06. The highest BCUT2D eigenvalue weighted by Crippen LogP contribution is 2.29. The molecule has 0 bridgehead atoms. The first-order valence-electron chi connectivity index (χ1n) is 8.49. The Labute approximate surface area is 165 Å². The summed E-state index contributed by atoms with van der Waals surface area (Å²) in [7, 11) is 1.60. The number of aromatic nitrogens is 1. The molecule has 28 heavy (non-hydrogen) atoms. The van der Waals surface area contributed by atoms with E-state index in [1.165, 1.54) is 23.9 Å². The third-order valence-electron chi connectivity index (χ3n) is 4.12. The van der Waals surface area contributed by atoms with Crippen LogP contribution in [0.25, 0.3) is 11.8 Å². The van der Waals surface area contributed by atoms with E-state index in [2.05, 4.69) is 10.3 Å². The summed E-state index contributed by atoms with van der Waals surface area (Å²) in [6, 6.07) is 17.2. The second-order valence-electron chi connectivity index (χ2n) is 5.96. The minimum atomic E-state index is -0.291. The lowest BCUT2D eigenvalue weighted by Crippen LogP contribution is -2.19. The maximum Gasteiger partial charge on any atom is 0.264 e. The molecule has 0 radical (unpaired) electrons. The third-order valence-corrected chi connectivity index (χ3v) is 5.03. The highest BCUT2D eigenvalue weighted by atomic mass is 32.2. The van der Waals surface area contributed by atoms with Crippen molar-refractivity contribution in [3.8, 4) is 11.4 Å². The molecule has 4 rings (SSSR count). The number of ether oxygens (including phenoxy) is 1. The predicted molar refractivity (Wildman–Crippen MR) is 110 cm³/mol. The van der Waals surface area contributed by atoms with E-state index in [0.717, 1.165) is 22.8 Å². The molecule has 0 atom stereocenters. The van der Waals surface area contributed by atoms with Crippen LogP contribution in [0, 0.1) is 5.82 Å². The Bertz CT molecular complexity index is 1070. The topological polar surface area (TPSA) is 55.6 Å². The fraction of sp³-hybridized carbons (Fsp3) is 0.0476. The second kappa shape index (κ2) is 7.74. The lowest BCUT2D eigenvalue weighted by molar-refractivity contribution is -0.115. The van der Waals surface area contributed by atoms with Crippen LogP contribution in [0.5, 0.6) is 5.75 Å².